The quantitative estimate of drug-likeness (QED) is 0.119. The largest absolute Gasteiger partial charge is 0.275 e. The van der Waals surface area contributed by atoms with Crippen LogP contribution < -0.4 is 0 Å². The van der Waals surface area contributed by atoms with Crippen LogP contribution in [0.15, 0.2) is 24.3 Å². The first-order valence-electron chi connectivity index (χ1n) is 12.9. The predicted octanol–water partition coefficient (Wildman–Crippen LogP) is 5.81. The van der Waals surface area contributed by atoms with E-state index in [-0.39, 0.29) is 101 Å². The average Bonchev–Trinajstić information content (AvgIpc) is 3.01. The molecule has 0 aliphatic carbocycles. The molecular weight excluding hydrogens is 532 g/mol. The van der Waals surface area contributed by atoms with Gasteiger partial charge >= 0.3 is 0 Å². The molecule has 42 heavy (non-hydrogen) atoms. The van der Waals surface area contributed by atoms with E-state index < -0.39 is 23.6 Å². The second-order valence-corrected chi connectivity index (χ2v) is 9.99. The predicted molar refractivity (Wildman–Crippen MR) is 152 cm³/mol. The van der Waals surface area contributed by atoms with Gasteiger partial charge in [-0.05, 0) is 59.7 Å². The van der Waals surface area contributed by atoms with Gasteiger partial charge in [-0.1, -0.05) is 0 Å². The van der Waals surface area contributed by atoms with Crippen molar-refractivity contribution < 1.29 is 19.2 Å². The van der Waals surface area contributed by atoms with Crippen LogP contribution in [0.3, 0.4) is 0 Å². The highest BCUT2D eigenvalue weighted by Crippen LogP contribution is 2.53. The van der Waals surface area contributed by atoms with Gasteiger partial charge in [0.1, 0.15) is 0 Å². The molecule has 10 nitrogen and oxygen atoms in total. The van der Waals surface area contributed by atoms with E-state index in [0.717, 1.165) is 9.80 Å². The summed E-state index contributed by atoms with van der Waals surface area (Å²) >= 11 is 0. The molecule has 2 aliphatic heterocycles. The third kappa shape index (κ3) is 2.59. The van der Waals surface area contributed by atoms with Crippen molar-refractivity contribution in [2.24, 2.45) is 0 Å². The Labute approximate surface area is 237 Å². The molecule has 0 N–H and O–H groups in total. The standard InChI is InChI=1S/C32H14N6O4/c1-5-37-29(39)15-7-13(11-33)21-22-14(12-34)8-16-24-18(32(42)38(6-2)30(16)40)10-20(36-4)26(28(22)24)25-19(35-3)9-17(31(37)41)23(15)27(21)25/h7-10H,5-6H2,1-2H3. The van der Waals surface area contributed by atoms with Crippen LogP contribution in [-0.4, -0.2) is 46.5 Å². The molecule has 4 amide bonds. The normalized spacial score (nSPS) is 14.1. The first kappa shape index (κ1) is 24.7. The van der Waals surface area contributed by atoms with E-state index in [1.807, 2.05) is 0 Å². The third-order valence-corrected chi connectivity index (χ3v) is 8.28. The molecule has 10 heteroatoms. The molecule has 2 aliphatic rings. The molecule has 5 aromatic rings. The molecule has 5 aromatic carbocycles. The maximum Gasteiger partial charge on any atom is 0.261 e. The number of benzene rings is 5. The minimum Gasteiger partial charge on any atom is -0.275 e. The Hall–Kier alpha value is -6.36. The molecule has 0 spiro atoms. The molecule has 2 heterocycles. The molecular formula is C32H14N6O4. The van der Waals surface area contributed by atoms with Crippen LogP contribution in [0.5, 0.6) is 0 Å². The molecule has 196 valence electrons. The number of hydrogen-bond donors (Lipinski definition) is 0. The van der Waals surface area contributed by atoms with Gasteiger partial charge in [0.2, 0.25) is 0 Å². The zero-order valence-electron chi connectivity index (χ0n) is 22.0. The second kappa shape index (κ2) is 8.08. The Balaban J connectivity index is 1.92. The van der Waals surface area contributed by atoms with Crippen LogP contribution >= 0.6 is 0 Å². The summed E-state index contributed by atoms with van der Waals surface area (Å²) in [5.74, 6) is -2.39. The van der Waals surface area contributed by atoms with Crippen LogP contribution in [0.4, 0.5) is 11.4 Å². The molecule has 7 rings (SSSR count). The lowest BCUT2D eigenvalue weighted by Crippen LogP contribution is -2.40. The maximum absolute atomic E-state index is 13.5. The van der Waals surface area contributed by atoms with Gasteiger partial charge < -0.3 is 0 Å². The summed E-state index contributed by atoms with van der Waals surface area (Å²) in [7, 11) is 0. The zero-order valence-corrected chi connectivity index (χ0v) is 22.0. The van der Waals surface area contributed by atoms with Crippen molar-refractivity contribution in [2.45, 2.75) is 13.8 Å². The lowest BCUT2D eigenvalue weighted by atomic mass is 9.78. The highest BCUT2D eigenvalue weighted by atomic mass is 16.2. The Kier molecular flexibility index (Phi) is 4.75. The van der Waals surface area contributed by atoms with Gasteiger partial charge in [0, 0.05) is 56.9 Å². The van der Waals surface area contributed by atoms with E-state index in [1.54, 1.807) is 13.8 Å². The van der Waals surface area contributed by atoms with Gasteiger partial charge in [-0.3, -0.25) is 29.0 Å². The fraction of sp³-hybridized carbons (Fsp3) is 0.125. The number of carbonyl (C=O) groups is 4. The van der Waals surface area contributed by atoms with Crippen LogP contribution in [0.2, 0.25) is 0 Å². The van der Waals surface area contributed by atoms with E-state index in [2.05, 4.69) is 21.8 Å². The van der Waals surface area contributed by atoms with Crippen molar-refractivity contribution in [3.8, 4) is 12.1 Å². The summed E-state index contributed by atoms with van der Waals surface area (Å²) < 4.78 is 0. The van der Waals surface area contributed by atoms with Crippen molar-refractivity contribution in [3.63, 3.8) is 0 Å². The SMILES string of the molecule is [C-]#[N+]c1cc2c3c(cc(C#N)c4c5c(C#N)cc6c7c(cc([N+]#[C-])c(c1c34)c75)C(=O)N(CC)C6=O)C(=O)N(CC)C2=O. The van der Waals surface area contributed by atoms with Gasteiger partial charge in [-0.2, -0.15) is 10.5 Å². The number of amides is 4. The van der Waals surface area contributed by atoms with Crippen LogP contribution in [-0.2, 0) is 0 Å². The summed E-state index contributed by atoms with van der Waals surface area (Å²) in [6.07, 6.45) is 0. The van der Waals surface area contributed by atoms with Crippen molar-refractivity contribution >= 4 is 78.1 Å². The minimum atomic E-state index is -0.600. The van der Waals surface area contributed by atoms with E-state index >= 15 is 0 Å². The van der Waals surface area contributed by atoms with Gasteiger partial charge in [0.25, 0.3) is 23.6 Å². The van der Waals surface area contributed by atoms with Gasteiger partial charge in [-0.15, -0.1) is 0 Å². The molecule has 0 aromatic heterocycles. The number of fused-ring (bicyclic) bond motifs is 2. The van der Waals surface area contributed by atoms with E-state index in [4.69, 9.17) is 13.1 Å². The first-order chi connectivity index (χ1) is 20.3. The van der Waals surface area contributed by atoms with Crippen molar-refractivity contribution in [1.29, 1.82) is 10.5 Å². The highest BCUT2D eigenvalue weighted by molar-refractivity contribution is 6.45. The van der Waals surface area contributed by atoms with E-state index in [1.165, 1.54) is 24.3 Å². The summed E-state index contributed by atoms with van der Waals surface area (Å²) in [6.45, 7) is 19.5. The lowest BCUT2D eigenvalue weighted by molar-refractivity contribution is 0.0603. The number of imide groups is 2. The minimum absolute atomic E-state index is 0.00282. The topological polar surface area (TPSA) is 131 Å². The van der Waals surface area contributed by atoms with Crippen LogP contribution in [0, 0.1) is 35.8 Å². The zero-order chi connectivity index (χ0) is 29.8. The van der Waals surface area contributed by atoms with Gasteiger partial charge in [0.05, 0.1) is 36.4 Å². The van der Waals surface area contributed by atoms with Crippen molar-refractivity contribution in [1.82, 2.24) is 9.80 Å². The number of nitriles is 2. The Bertz CT molecular complexity index is 2090. The van der Waals surface area contributed by atoms with Crippen LogP contribution in [0.25, 0.3) is 52.8 Å². The van der Waals surface area contributed by atoms with Crippen molar-refractivity contribution in [2.75, 3.05) is 13.1 Å². The number of rotatable bonds is 2. The lowest BCUT2D eigenvalue weighted by Gasteiger charge is -2.31. The van der Waals surface area contributed by atoms with Crippen molar-refractivity contribution in [3.05, 3.63) is 80.5 Å². The Morgan fingerprint density at radius 2 is 0.905 bits per heavy atom. The molecule has 0 atom stereocenters. The summed E-state index contributed by atoms with van der Waals surface area (Å²) in [5, 5.41) is 22.5. The smallest absolute Gasteiger partial charge is 0.261 e. The molecule has 0 unspecified atom stereocenters. The molecule has 0 saturated heterocycles. The summed E-state index contributed by atoms with van der Waals surface area (Å²) in [6, 6.07) is 9.77. The molecule has 0 saturated carbocycles. The van der Waals surface area contributed by atoms with E-state index in [0.29, 0.717) is 0 Å². The Morgan fingerprint density at radius 3 is 1.19 bits per heavy atom. The first-order valence-corrected chi connectivity index (χ1v) is 12.9. The molecule has 0 bridgehead atoms. The highest BCUT2D eigenvalue weighted by Gasteiger charge is 2.39. The summed E-state index contributed by atoms with van der Waals surface area (Å²) in [5.41, 5.74) is 0.420. The number of hydrogen-bond acceptors (Lipinski definition) is 6. The Morgan fingerprint density at radius 1 is 0.571 bits per heavy atom. The van der Waals surface area contributed by atoms with Crippen LogP contribution in [0.1, 0.15) is 66.4 Å². The molecule has 0 radical (unpaired) electrons. The van der Waals surface area contributed by atoms with E-state index in [9.17, 15) is 29.7 Å². The second-order valence-electron chi connectivity index (χ2n) is 9.99. The number of nitrogens with zero attached hydrogens (tertiary/aromatic N) is 6. The summed E-state index contributed by atoms with van der Waals surface area (Å²) in [4.78, 5) is 63.5. The molecule has 0 fully saturated rings. The number of carbonyl (C=O) groups excluding carboxylic acids is 4. The third-order valence-electron chi connectivity index (χ3n) is 8.28. The fourth-order valence-electron chi connectivity index (χ4n) is 6.64. The van der Waals surface area contributed by atoms with Gasteiger partial charge in [-0.25, -0.2) is 9.69 Å². The maximum atomic E-state index is 13.5. The monoisotopic (exact) mass is 546 g/mol. The fourth-order valence-corrected chi connectivity index (χ4v) is 6.64. The van der Waals surface area contributed by atoms with Gasteiger partial charge in [0.15, 0.2) is 11.4 Å². The average molecular weight is 547 g/mol.